The van der Waals surface area contributed by atoms with Crippen LogP contribution in [-0.2, 0) is 40.8 Å². The van der Waals surface area contributed by atoms with Gasteiger partial charge in [0, 0.05) is 182 Å². The Balaban J connectivity index is 0.000000126. The van der Waals surface area contributed by atoms with E-state index in [9.17, 15) is 52.8 Å². The van der Waals surface area contributed by atoms with Crippen molar-refractivity contribution >= 4 is 211 Å². The molecule has 0 radical (unpaired) electrons. The van der Waals surface area contributed by atoms with E-state index in [0.29, 0.717) is 168 Å². The molecule has 0 atom stereocenters. The average Bonchev–Trinajstić information content (AvgIpc) is 1.76. The van der Waals surface area contributed by atoms with E-state index in [1.807, 2.05) is 115 Å². The molecule has 4 aliphatic heterocycles. The molecule has 11 aromatic carbocycles. The summed E-state index contributed by atoms with van der Waals surface area (Å²) in [5.41, 5.74) is 12.9. The van der Waals surface area contributed by atoms with Crippen molar-refractivity contribution in [1.82, 2.24) is 42.6 Å². The van der Waals surface area contributed by atoms with Crippen LogP contribution in [0.25, 0.3) is 88.4 Å². The van der Waals surface area contributed by atoms with Crippen LogP contribution in [0.5, 0.6) is 0 Å². The first-order valence-electron chi connectivity index (χ1n) is 42.1. The van der Waals surface area contributed by atoms with E-state index in [2.05, 4.69) is 50.9 Å². The summed E-state index contributed by atoms with van der Waals surface area (Å²) < 4.78 is 110. The van der Waals surface area contributed by atoms with Crippen LogP contribution in [0.4, 0.5) is 45.5 Å². The molecule has 136 heavy (non-hydrogen) atoms. The number of nitrogens with zero attached hydrogens (tertiary/aromatic N) is 12. The zero-order valence-corrected chi connectivity index (χ0v) is 79.4. The third-order valence-corrected chi connectivity index (χ3v) is 31.8. The molecule has 0 saturated carbocycles. The maximum absolute atomic E-state index is 13.0. The number of aromatic nitrogens is 5. The number of hydrogen-bond acceptors (Lipinski definition) is 17. The quantitative estimate of drug-likeness (QED) is 0.0600. The predicted octanol–water partition coefficient (Wildman–Crippen LogP) is 18.9. The van der Waals surface area contributed by atoms with Crippen LogP contribution in [0.15, 0.2) is 304 Å². The van der Waals surface area contributed by atoms with E-state index < -0.39 is 46.7 Å². The third-order valence-electron chi connectivity index (χ3n) is 22.9. The minimum Gasteiger partial charge on any atom is -0.322 e. The second-order valence-corrected chi connectivity index (χ2v) is 41.1. The molecule has 9 heterocycles. The third kappa shape index (κ3) is 20.1. The van der Waals surface area contributed by atoms with Crippen LogP contribution >= 0.6 is 58.0 Å². The second-order valence-electron chi connectivity index (χ2n) is 31.5. The Kier molecular flexibility index (Phi) is 27.5. The van der Waals surface area contributed by atoms with Gasteiger partial charge in [0.05, 0.1) is 87.2 Å². The number of para-hydroxylation sites is 1. The molecule has 4 saturated heterocycles. The number of carbonyl (C=O) groups excluding carboxylic acids is 4. The summed E-state index contributed by atoms with van der Waals surface area (Å²) in [5.74, 6) is -1.38. The summed E-state index contributed by atoms with van der Waals surface area (Å²) in [4.78, 5) is 74.1. The molecule has 5 aromatic heterocycles. The Morgan fingerprint density at radius 2 is 0.684 bits per heavy atom. The van der Waals surface area contributed by atoms with Gasteiger partial charge in [-0.2, -0.15) is 51.3 Å². The zero-order valence-electron chi connectivity index (χ0n) is 72.3. The van der Waals surface area contributed by atoms with Crippen LogP contribution in [-0.4, -0.2) is 169 Å². The monoisotopic (exact) mass is 1990 g/mol. The highest BCUT2D eigenvalue weighted by Gasteiger charge is 2.37. The maximum atomic E-state index is 13.0. The fourth-order valence-corrected chi connectivity index (χ4v) is 22.0. The fourth-order valence-electron chi connectivity index (χ4n) is 15.7. The summed E-state index contributed by atoms with van der Waals surface area (Å²) >= 11 is 32.3. The number of nitrogens with one attached hydrogen (secondary N) is 5. The van der Waals surface area contributed by atoms with Gasteiger partial charge >= 0.3 is 40.8 Å². The summed E-state index contributed by atoms with van der Waals surface area (Å²) in [7, 11) is -9.49. The average molecular weight is 1990 g/mol. The predicted molar refractivity (Wildman–Crippen MR) is 540 cm³/mol. The van der Waals surface area contributed by atoms with Gasteiger partial charge in [0.1, 0.15) is 0 Å². The Labute approximate surface area is 808 Å². The lowest BCUT2D eigenvalue weighted by Crippen LogP contribution is -2.30. The molecule has 4 amide bonds. The Morgan fingerprint density at radius 3 is 1.11 bits per heavy atom. The van der Waals surface area contributed by atoms with Gasteiger partial charge in [0.15, 0.2) is 0 Å². The zero-order chi connectivity index (χ0) is 95.5. The molecular weight excluding hydrogens is 1910 g/mol. The van der Waals surface area contributed by atoms with E-state index in [1.165, 1.54) is 49.3 Å². The highest BCUT2D eigenvalue weighted by Crippen LogP contribution is 2.41. The van der Waals surface area contributed by atoms with Gasteiger partial charge < -0.3 is 21.3 Å². The molecule has 5 N–H and O–H groups in total. The van der Waals surface area contributed by atoms with Crippen LogP contribution in [0.3, 0.4) is 0 Å². The number of pyridine rings is 5. The highest BCUT2D eigenvalue weighted by molar-refractivity contribution is 7.91. The van der Waals surface area contributed by atoms with E-state index in [0.717, 1.165) is 54.6 Å². The van der Waals surface area contributed by atoms with Crippen molar-refractivity contribution in [1.29, 1.82) is 0 Å². The molecule has 0 unspecified atom stereocenters. The molecule has 688 valence electrons. The van der Waals surface area contributed by atoms with Crippen LogP contribution in [0.2, 0.25) is 25.1 Å². The lowest BCUT2D eigenvalue weighted by Gasteiger charge is -2.19. The van der Waals surface area contributed by atoms with Gasteiger partial charge in [0.25, 0.3) is 23.6 Å². The second kappa shape index (κ2) is 39.7. The Morgan fingerprint density at radius 1 is 0.309 bits per heavy atom. The van der Waals surface area contributed by atoms with Gasteiger partial charge in [-0.05, 0) is 217 Å². The summed E-state index contributed by atoms with van der Waals surface area (Å²) in [6.07, 6.45) is 6.84. The van der Waals surface area contributed by atoms with E-state index in [4.69, 9.17) is 58.0 Å². The van der Waals surface area contributed by atoms with Crippen LogP contribution < -0.4 is 43.2 Å². The summed E-state index contributed by atoms with van der Waals surface area (Å²) in [6.45, 7) is 3.00. The molecule has 4 aliphatic rings. The first-order valence-corrected chi connectivity index (χ1v) is 49.6. The molecule has 20 rings (SSSR count). The normalized spacial score (nSPS) is 15.4. The van der Waals surface area contributed by atoms with Crippen molar-refractivity contribution in [3.63, 3.8) is 0 Å². The summed E-state index contributed by atoms with van der Waals surface area (Å²) in [5, 5.41) is 19.6. The van der Waals surface area contributed by atoms with Gasteiger partial charge in [-0.15, -0.1) is 0 Å². The number of amides is 4. The maximum Gasteiger partial charge on any atom is 0.303 e. The minimum atomic E-state index is -3.58. The van der Waals surface area contributed by atoms with E-state index >= 15 is 0 Å². The lowest BCUT2D eigenvalue weighted by molar-refractivity contribution is 0.101. The number of fused-ring (bicyclic) bond motifs is 4. The molecule has 0 aliphatic carbocycles. The first-order chi connectivity index (χ1) is 65.3. The number of halogens is 5. The molecule has 29 nitrogen and oxygen atoms in total. The summed E-state index contributed by atoms with van der Waals surface area (Å²) in [6, 6.07) is 81.8. The van der Waals surface area contributed by atoms with Gasteiger partial charge in [-0.3, -0.25) is 56.3 Å². The largest absolute Gasteiger partial charge is 0.322 e. The standard InChI is InChI=1S/C25H20Cl2N4O3S.C25H21ClN4O3S.C24H20ClN5O3S.C24H19ClN4O3S/c1-30-12-13-31(35(30,33)34)18-7-8-20(23(27)15-18)25(32)29-17-6-9-22(26)21(14-17)24-19-5-3-2-4-16(19)10-11-28-24;1-29-14-15-30(34(29,32)33)20-9-6-18(7-10-20)25(31)28-19-8-11-23(26)22(16-19)24-21-5-3-2-4-17(21)12-13-27-24;1-29-13-14-30(34(29,32)33)18-7-4-16(5-8-18)24(31)28-17-6-9-21(25)20(15-17)23-19-3-2-11-26-22(19)10-12-27-23;25-21-11-8-18(15-20(21)23-12-7-16-3-1-2-4-22(16)28-23)27-24(30)17-5-9-19(10-6-17)29-14-13-26-33(29,31)32/h2-11,14-15H,12-13H2,1H3,(H,29,32);2-13,16H,14-15H2,1H3,(H,28,31);2-12,15H,13-14H2,1H3,(H,28,31);1-12,15,26H,13-14H2,(H,27,30). The molecule has 4 fully saturated rings. The van der Waals surface area contributed by atoms with Gasteiger partial charge in [-0.25, -0.2) is 4.98 Å². The molecule has 0 bridgehead atoms. The SMILES string of the molecule is CN1CCN(c2ccc(C(=O)Nc3ccc(Cl)c(-c4nccc5ccccc45)c3)c(Cl)c2)S1(=O)=O.CN1CCN(c2ccc(C(=O)Nc3ccc(Cl)c(-c4nccc5ccccc45)c3)cc2)S1(=O)=O.CN1CCN(c2ccc(C(=O)Nc3ccc(Cl)c(-c4nccc5ncccc45)c3)cc2)S1(=O)=O.O=C(Nc1ccc(Cl)c(-c2ccc3ccccc3n2)c1)c1ccc(N2CCNS2(=O)=O)cc1. The topological polar surface area (TPSA) is 352 Å². The number of benzene rings is 11. The minimum absolute atomic E-state index is 0.148. The number of carbonyl (C=O) groups is 4. The van der Waals surface area contributed by atoms with Crippen molar-refractivity contribution < 1.29 is 52.8 Å². The Hall–Kier alpha value is -13.6. The number of anilines is 8. The molecular formula is C98H80Cl5N17O12S4. The van der Waals surface area contributed by atoms with Gasteiger partial charge in [-0.1, -0.05) is 131 Å². The van der Waals surface area contributed by atoms with Gasteiger partial charge in [0.2, 0.25) is 0 Å². The van der Waals surface area contributed by atoms with Crippen LogP contribution in [0, 0.1) is 0 Å². The number of likely N-dealkylation sites (N-methyl/N-ethyl adjacent to an activating group) is 3. The van der Waals surface area contributed by atoms with E-state index in [-0.39, 0.29) is 28.3 Å². The lowest BCUT2D eigenvalue weighted by atomic mass is 10.0. The Bertz CT molecular complexity index is 7670. The van der Waals surface area contributed by atoms with Crippen molar-refractivity contribution in [3.05, 3.63) is 351 Å². The smallest absolute Gasteiger partial charge is 0.303 e. The fraction of sp³-hybridized carbons (Fsp3) is 0.112. The highest BCUT2D eigenvalue weighted by atomic mass is 35.5. The molecule has 0 spiro atoms. The van der Waals surface area contributed by atoms with Crippen molar-refractivity contribution in [2.24, 2.45) is 0 Å². The van der Waals surface area contributed by atoms with Crippen LogP contribution in [0.1, 0.15) is 41.4 Å². The van der Waals surface area contributed by atoms with Crippen molar-refractivity contribution in [3.8, 4) is 45.0 Å². The number of hydrogen-bond donors (Lipinski definition) is 5. The number of rotatable bonds is 16. The van der Waals surface area contributed by atoms with Crippen molar-refractivity contribution in [2.75, 3.05) is 112 Å². The molecule has 38 heteroatoms. The first kappa shape index (κ1) is 94.2. The molecule has 16 aromatic rings. The van der Waals surface area contributed by atoms with Crippen molar-refractivity contribution in [2.45, 2.75) is 0 Å². The van der Waals surface area contributed by atoms with E-state index in [1.54, 1.807) is 191 Å².